The highest BCUT2D eigenvalue weighted by atomic mass is 79.9. The fourth-order valence-corrected chi connectivity index (χ4v) is 5.87. The van der Waals surface area contributed by atoms with Crippen LogP contribution in [0.3, 0.4) is 0 Å². The van der Waals surface area contributed by atoms with Crippen LogP contribution in [0.15, 0.2) is 103 Å². The van der Waals surface area contributed by atoms with Gasteiger partial charge >= 0.3 is 5.91 Å². The normalized spacial score (nSPS) is 11.0. The molecule has 0 fully saturated rings. The molecular formula is C33H26Br2N4O4. The monoisotopic (exact) mass is 700 g/mol. The number of nitriles is 1. The van der Waals surface area contributed by atoms with Crippen molar-refractivity contribution in [2.75, 3.05) is 0 Å². The first-order valence-corrected chi connectivity index (χ1v) is 14.8. The molecular weight excluding hydrogens is 676 g/mol. The van der Waals surface area contributed by atoms with E-state index in [1.54, 1.807) is 18.2 Å². The van der Waals surface area contributed by atoms with Crippen LogP contribution in [0.1, 0.15) is 44.4 Å². The van der Waals surface area contributed by atoms with Gasteiger partial charge in [-0.1, -0.05) is 18.2 Å². The fraction of sp³-hybridized carbons (Fsp3) is 0.121. The first kappa shape index (κ1) is 29.9. The summed E-state index contributed by atoms with van der Waals surface area (Å²) in [7, 11) is 0. The van der Waals surface area contributed by atoms with Gasteiger partial charge in [0.1, 0.15) is 30.5 Å². The zero-order valence-corrected chi connectivity index (χ0v) is 26.5. The third-order valence-corrected chi connectivity index (χ3v) is 7.72. The largest absolute Gasteiger partial charge is 0.486 e. The Morgan fingerprint density at radius 1 is 0.953 bits per heavy atom. The minimum Gasteiger partial charge on any atom is -0.486 e. The number of aromatic nitrogens is 1. The predicted octanol–water partition coefficient (Wildman–Crippen LogP) is 8.01. The van der Waals surface area contributed by atoms with Gasteiger partial charge in [0.2, 0.25) is 0 Å². The minimum atomic E-state index is -0.487. The number of ether oxygens (including phenoxy) is 2. The summed E-state index contributed by atoms with van der Waals surface area (Å²) in [5.41, 5.74) is 7.93. The molecule has 0 atom stereocenters. The highest BCUT2D eigenvalue weighted by Crippen LogP contribution is 2.35. The van der Waals surface area contributed by atoms with E-state index in [-0.39, 0.29) is 19.0 Å². The minimum absolute atomic E-state index is 0.119. The van der Waals surface area contributed by atoms with Crippen LogP contribution in [0.4, 0.5) is 0 Å². The molecule has 0 saturated heterocycles. The lowest BCUT2D eigenvalue weighted by Crippen LogP contribution is -2.16. The predicted molar refractivity (Wildman–Crippen MR) is 171 cm³/mol. The first-order chi connectivity index (χ1) is 20.8. The maximum Gasteiger partial charge on any atom is 0.307 e. The zero-order chi connectivity index (χ0) is 30.3. The first-order valence-electron chi connectivity index (χ1n) is 13.2. The second kappa shape index (κ2) is 13.6. The van der Waals surface area contributed by atoms with Gasteiger partial charge < -0.3 is 18.5 Å². The Labute approximate surface area is 265 Å². The van der Waals surface area contributed by atoms with Crippen LogP contribution in [0.2, 0.25) is 0 Å². The molecule has 0 bridgehead atoms. The molecule has 1 amide bonds. The molecule has 0 unspecified atom stereocenters. The second-order valence-corrected chi connectivity index (χ2v) is 11.3. The van der Waals surface area contributed by atoms with Crippen molar-refractivity contribution in [2.45, 2.75) is 27.1 Å². The number of furan rings is 1. The van der Waals surface area contributed by atoms with Gasteiger partial charge in [0.05, 0.1) is 26.8 Å². The smallest absolute Gasteiger partial charge is 0.307 e. The van der Waals surface area contributed by atoms with Gasteiger partial charge in [-0.25, -0.2) is 5.43 Å². The molecule has 1 N–H and O–H groups in total. The van der Waals surface area contributed by atoms with Crippen molar-refractivity contribution in [3.63, 3.8) is 0 Å². The molecule has 216 valence electrons. The van der Waals surface area contributed by atoms with E-state index < -0.39 is 5.91 Å². The van der Waals surface area contributed by atoms with Crippen LogP contribution in [-0.2, 0) is 13.2 Å². The molecule has 0 saturated carbocycles. The molecule has 5 aromatic rings. The number of nitrogens with one attached hydrogen (secondary N) is 1. The summed E-state index contributed by atoms with van der Waals surface area (Å²) in [4.78, 5) is 12.6. The number of benzene rings is 3. The third kappa shape index (κ3) is 7.25. The molecule has 0 aliphatic rings. The number of hydrazone groups is 1. The lowest BCUT2D eigenvalue weighted by Gasteiger charge is -2.12. The Hall–Kier alpha value is -4.59. The SMILES string of the molecule is Cc1ccc(C)n1-c1ccc(OCc2ccc(C(=O)N/N=C/c3cc(Br)c(OCc4ccccc4C#N)c(Br)c3)o2)cc1. The van der Waals surface area contributed by atoms with Crippen LogP contribution in [-0.4, -0.2) is 16.7 Å². The molecule has 0 aliphatic carbocycles. The van der Waals surface area contributed by atoms with E-state index in [4.69, 9.17) is 13.9 Å². The average molecular weight is 702 g/mol. The zero-order valence-electron chi connectivity index (χ0n) is 23.3. The number of aryl methyl sites for hydroxylation is 2. The standard InChI is InChI=1S/C33H26Br2N4O4/c1-21-7-8-22(2)39(21)26-9-11-27(12-10-26)41-20-28-13-14-31(43-28)33(40)38-37-18-23-15-29(34)32(30(35)16-23)42-19-25-6-4-3-5-24(25)17-36/h3-16,18H,19-20H2,1-2H3,(H,38,40)/b37-18+. The Balaban J connectivity index is 1.13. The molecule has 2 aromatic heterocycles. The maximum atomic E-state index is 12.6. The highest BCUT2D eigenvalue weighted by Gasteiger charge is 2.13. The van der Waals surface area contributed by atoms with Crippen molar-refractivity contribution in [2.24, 2.45) is 5.10 Å². The highest BCUT2D eigenvalue weighted by molar-refractivity contribution is 9.11. The van der Waals surface area contributed by atoms with Crippen LogP contribution in [0.5, 0.6) is 11.5 Å². The van der Waals surface area contributed by atoms with Gasteiger partial charge in [0.25, 0.3) is 0 Å². The number of nitrogens with zero attached hydrogens (tertiary/aromatic N) is 3. The van der Waals surface area contributed by atoms with E-state index in [1.807, 2.05) is 54.6 Å². The number of rotatable bonds is 10. The van der Waals surface area contributed by atoms with Crippen molar-refractivity contribution >= 4 is 44.0 Å². The van der Waals surface area contributed by atoms with Gasteiger partial charge in [0, 0.05) is 22.6 Å². The number of carbonyl (C=O) groups is 1. The van der Waals surface area contributed by atoms with Crippen LogP contribution >= 0.6 is 31.9 Å². The van der Waals surface area contributed by atoms with Crippen LogP contribution in [0, 0.1) is 25.2 Å². The van der Waals surface area contributed by atoms with Gasteiger partial charge in [-0.05, 0) is 118 Å². The topological polar surface area (TPSA) is 102 Å². The Morgan fingerprint density at radius 2 is 1.65 bits per heavy atom. The number of halogens is 2. The van der Waals surface area contributed by atoms with Gasteiger partial charge in [-0.15, -0.1) is 0 Å². The lowest BCUT2D eigenvalue weighted by molar-refractivity contribution is 0.0923. The van der Waals surface area contributed by atoms with E-state index in [9.17, 15) is 10.1 Å². The summed E-state index contributed by atoms with van der Waals surface area (Å²) in [5.74, 6) is 1.42. The van der Waals surface area contributed by atoms with Crippen LogP contribution < -0.4 is 14.9 Å². The average Bonchev–Trinajstić information content (AvgIpc) is 3.62. The van der Waals surface area contributed by atoms with Crippen molar-refractivity contribution in [1.29, 1.82) is 5.26 Å². The summed E-state index contributed by atoms with van der Waals surface area (Å²) < 4.78 is 21.0. The number of amides is 1. The Morgan fingerprint density at radius 3 is 2.35 bits per heavy atom. The number of hydrogen-bond acceptors (Lipinski definition) is 6. The lowest BCUT2D eigenvalue weighted by atomic mass is 10.1. The van der Waals surface area contributed by atoms with E-state index >= 15 is 0 Å². The Bertz CT molecular complexity index is 1790. The van der Waals surface area contributed by atoms with Gasteiger partial charge in [-0.2, -0.15) is 10.4 Å². The molecule has 43 heavy (non-hydrogen) atoms. The quantitative estimate of drug-likeness (QED) is 0.117. The van der Waals surface area contributed by atoms with E-state index in [0.717, 1.165) is 22.6 Å². The van der Waals surface area contributed by atoms with E-state index in [2.05, 4.69) is 79.0 Å². The Kier molecular flexibility index (Phi) is 9.45. The summed E-state index contributed by atoms with van der Waals surface area (Å²) in [6, 6.07) is 28.3. The molecule has 8 nitrogen and oxygen atoms in total. The van der Waals surface area contributed by atoms with Crippen molar-refractivity contribution in [3.05, 3.63) is 133 Å². The number of hydrogen-bond donors (Lipinski definition) is 1. The molecule has 10 heteroatoms. The van der Waals surface area contributed by atoms with Gasteiger partial charge in [-0.3, -0.25) is 4.79 Å². The van der Waals surface area contributed by atoms with E-state index in [1.165, 1.54) is 6.21 Å². The second-order valence-electron chi connectivity index (χ2n) is 9.57. The van der Waals surface area contributed by atoms with Crippen molar-refractivity contribution < 1.29 is 18.7 Å². The van der Waals surface area contributed by atoms with Crippen LogP contribution in [0.25, 0.3) is 5.69 Å². The molecule has 0 spiro atoms. The molecule has 3 aromatic carbocycles. The summed E-state index contributed by atoms with van der Waals surface area (Å²) in [6.45, 7) is 4.55. The van der Waals surface area contributed by atoms with Gasteiger partial charge in [0.15, 0.2) is 5.76 Å². The number of carbonyl (C=O) groups excluding carboxylic acids is 1. The summed E-state index contributed by atoms with van der Waals surface area (Å²) in [5, 5.41) is 13.3. The summed E-state index contributed by atoms with van der Waals surface area (Å²) in [6.07, 6.45) is 1.51. The molecule has 0 radical (unpaired) electrons. The molecule has 2 heterocycles. The fourth-order valence-electron chi connectivity index (χ4n) is 4.42. The molecule has 5 rings (SSSR count). The third-order valence-electron chi connectivity index (χ3n) is 6.54. The maximum absolute atomic E-state index is 12.6. The van der Waals surface area contributed by atoms with E-state index in [0.29, 0.717) is 37.3 Å². The summed E-state index contributed by atoms with van der Waals surface area (Å²) >= 11 is 7.04. The molecule has 0 aliphatic heterocycles. The van der Waals surface area contributed by atoms with Crippen molar-refractivity contribution in [1.82, 2.24) is 9.99 Å². The van der Waals surface area contributed by atoms with Crippen molar-refractivity contribution in [3.8, 4) is 23.3 Å².